The van der Waals surface area contributed by atoms with Crippen LogP contribution in [0.15, 0.2) is 53.9 Å². The van der Waals surface area contributed by atoms with Crippen molar-refractivity contribution in [2.24, 2.45) is 0 Å². The lowest BCUT2D eigenvalue weighted by molar-refractivity contribution is -0.0800. The molecular weight excluding hydrogens is 292 g/mol. The zero-order chi connectivity index (χ0) is 15.3. The molecule has 0 spiro atoms. The number of alkyl halides is 3. The van der Waals surface area contributed by atoms with Gasteiger partial charge in [0.2, 0.25) is 6.71 Å². The van der Waals surface area contributed by atoms with Crippen LogP contribution >= 0.6 is 11.3 Å². The summed E-state index contributed by atoms with van der Waals surface area (Å²) < 4.78 is 37.7. The first-order valence-electron chi connectivity index (χ1n) is 6.81. The van der Waals surface area contributed by atoms with Crippen LogP contribution in [-0.4, -0.2) is 12.9 Å². The van der Waals surface area contributed by atoms with Gasteiger partial charge in [0, 0.05) is 6.08 Å². The molecule has 110 valence electrons. The fourth-order valence-corrected chi connectivity index (χ4v) is 3.45. The zero-order valence-corrected chi connectivity index (χ0v) is 12.5. The van der Waals surface area contributed by atoms with Gasteiger partial charge >= 0.3 is 6.18 Å². The van der Waals surface area contributed by atoms with Gasteiger partial charge in [0.1, 0.15) is 0 Å². The second-order valence-corrected chi connectivity index (χ2v) is 5.90. The fraction of sp³-hybridized carbons (Fsp3) is 0.250. The van der Waals surface area contributed by atoms with Crippen molar-refractivity contribution in [3.05, 3.63) is 59.5 Å². The minimum absolute atomic E-state index is 0.157. The third-order valence-electron chi connectivity index (χ3n) is 3.35. The molecule has 0 saturated heterocycles. The summed E-state index contributed by atoms with van der Waals surface area (Å²) in [7, 11) is 0. The smallest absolute Gasteiger partial charge is 0.167 e. The molecule has 0 saturated carbocycles. The van der Waals surface area contributed by atoms with E-state index in [1.165, 1.54) is 16.4 Å². The lowest BCUT2D eigenvalue weighted by Gasteiger charge is -2.13. The molecule has 0 radical (unpaired) electrons. The van der Waals surface area contributed by atoms with Crippen LogP contribution in [0.4, 0.5) is 13.2 Å². The van der Waals surface area contributed by atoms with Crippen molar-refractivity contribution in [2.45, 2.75) is 25.8 Å². The summed E-state index contributed by atoms with van der Waals surface area (Å²) in [4.78, 5) is 0. The topological polar surface area (TPSA) is 0 Å². The lowest BCUT2D eigenvalue weighted by Crippen LogP contribution is -2.41. The van der Waals surface area contributed by atoms with E-state index in [0.29, 0.717) is 18.8 Å². The molecular formula is C16H16BF3S. The summed E-state index contributed by atoms with van der Waals surface area (Å²) in [6, 6.07) is 12.0. The van der Waals surface area contributed by atoms with Crippen LogP contribution in [0, 0.1) is 6.92 Å². The average Bonchev–Trinajstić information content (AvgIpc) is 2.85. The molecule has 0 fully saturated rings. The van der Waals surface area contributed by atoms with Crippen LogP contribution < -0.4 is 10.2 Å². The van der Waals surface area contributed by atoms with Gasteiger partial charge < -0.3 is 0 Å². The third-order valence-corrected chi connectivity index (χ3v) is 4.48. The largest absolute Gasteiger partial charge is 0.409 e. The molecule has 0 aliphatic carbocycles. The van der Waals surface area contributed by atoms with Crippen LogP contribution in [0.3, 0.4) is 0 Å². The maximum absolute atomic E-state index is 12.2. The SMILES string of the molecule is Cc1ccsc1B(CCC=CC(F)(F)F)c1ccccc1. The number of halogens is 3. The van der Waals surface area contributed by atoms with Gasteiger partial charge in [-0.05, 0) is 35.1 Å². The highest BCUT2D eigenvalue weighted by Gasteiger charge is 2.23. The maximum atomic E-state index is 12.2. The van der Waals surface area contributed by atoms with E-state index in [4.69, 9.17) is 0 Å². The number of thiophene rings is 1. The van der Waals surface area contributed by atoms with E-state index in [-0.39, 0.29) is 6.71 Å². The number of hydrogen-bond donors (Lipinski definition) is 0. The van der Waals surface area contributed by atoms with Crippen molar-refractivity contribution in [1.82, 2.24) is 0 Å². The summed E-state index contributed by atoms with van der Waals surface area (Å²) >= 11 is 1.67. The summed E-state index contributed by atoms with van der Waals surface area (Å²) in [6.45, 7) is 2.21. The Kier molecular flexibility index (Phi) is 5.29. The van der Waals surface area contributed by atoms with Gasteiger partial charge in [-0.3, -0.25) is 0 Å². The Morgan fingerprint density at radius 3 is 2.43 bits per heavy atom. The molecule has 0 unspecified atom stereocenters. The zero-order valence-electron chi connectivity index (χ0n) is 11.7. The fourth-order valence-electron chi connectivity index (χ4n) is 2.36. The predicted molar refractivity (Wildman–Crippen MR) is 85.1 cm³/mol. The van der Waals surface area contributed by atoms with E-state index in [1.54, 1.807) is 11.3 Å². The van der Waals surface area contributed by atoms with Gasteiger partial charge in [0.25, 0.3) is 0 Å². The van der Waals surface area contributed by atoms with Gasteiger partial charge in [-0.1, -0.05) is 48.2 Å². The van der Waals surface area contributed by atoms with Crippen molar-refractivity contribution in [1.29, 1.82) is 0 Å². The van der Waals surface area contributed by atoms with Crippen LogP contribution in [0.2, 0.25) is 6.32 Å². The first kappa shape index (κ1) is 15.9. The van der Waals surface area contributed by atoms with Gasteiger partial charge in [0.15, 0.2) is 0 Å². The molecule has 0 aliphatic heterocycles. The Bertz CT molecular complexity index is 587. The van der Waals surface area contributed by atoms with E-state index >= 15 is 0 Å². The predicted octanol–water partition coefficient (Wildman–Crippen LogP) is 4.17. The highest BCUT2D eigenvalue weighted by Crippen LogP contribution is 2.17. The van der Waals surface area contributed by atoms with Crippen LogP contribution in [0.1, 0.15) is 12.0 Å². The number of rotatable bonds is 5. The minimum atomic E-state index is -4.22. The molecule has 2 aromatic rings. The Morgan fingerprint density at radius 2 is 1.86 bits per heavy atom. The Balaban J connectivity index is 2.15. The summed E-state index contributed by atoms with van der Waals surface area (Å²) in [5.74, 6) is 0. The molecule has 0 nitrogen and oxygen atoms in total. The van der Waals surface area contributed by atoms with Crippen LogP contribution in [-0.2, 0) is 0 Å². The summed E-state index contributed by atoms with van der Waals surface area (Å²) in [5.41, 5.74) is 2.36. The Morgan fingerprint density at radius 1 is 1.14 bits per heavy atom. The monoisotopic (exact) mass is 308 g/mol. The molecule has 0 bridgehead atoms. The lowest BCUT2D eigenvalue weighted by atomic mass is 9.41. The maximum Gasteiger partial charge on any atom is 0.409 e. The molecule has 5 heteroatoms. The Labute approximate surface area is 127 Å². The Hall–Kier alpha value is -1.49. The van der Waals surface area contributed by atoms with E-state index in [2.05, 4.69) is 6.07 Å². The first-order chi connectivity index (χ1) is 9.97. The van der Waals surface area contributed by atoms with E-state index in [0.717, 1.165) is 5.46 Å². The molecule has 0 N–H and O–H groups in total. The first-order valence-corrected chi connectivity index (χ1v) is 7.68. The number of aryl methyl sites for hydroxylation is 1. The molecule has 1 aromatic heterocycles. The van der Waals surface area contributed by atoms with Crippen LogP contribution in [0.5, 0.6) is 0 Å². The number of hydrogen-bond acceptors (Lipinski definition) is 1. The van der Waals surface area contributed by atoms with Crippen molar-refractivity contribution in [3.8, 4) is 0 Å². The molecule has 21 heavy (non-hydrogen) atoms. The highest BCUT2D eigenvalue weighted by molar-refractivity contribution is 7.24. The quantitative estimate of drug-likeness (QED) is 0.574. The molecule has 0 amide bonds. The second kappa shape index (κ2) is 6.99. The molecule has 1 aromatic carbocycles. The highest BCUT2D eigenvalue weighted by atomic mass is 32.1. The van der Waals surface area contributed by atoms with Gasteiger partial charge in [0.05, 0.1) is 0 Å². The summed E-state index contributed by atoms with van der Waals surface area (Å²) in [5, 5.41) is 2.03. The second-order valence-electron chi connectivity index (χ2n) is 4.95. The molecule has 2 rings (SSSR count). The molecule has 0 atom stereocenters. The summed E-state index contributed by atoms with van der Waals surface area (Å²) in [6.07, 6.45) is -1.58. The van der Waals surface area contributed by atoms with E-state index in [1.807, 2.05) is 42.6 Å². The van der Waals surface area contributed by atoms with Gasteiger partial charge in [-0.15, -0.1) is 0 Å². The third kappa shape index (κ3) is 4.78. The van der Waals surface area contributed by atoms with Crippen molar-refractivity contribution in [3.63, 3.8) is 0 Å². The molecule has 0 aliphatic rings. The van der Waals surface area contributed by atoms with E-state index in [9.17, 15) is 13.2 Å². The van der Waals surface area contributed by atoms with Crippen molar-refractivity contribution < 1.29 is 13.2 Å². The normalized spacial score (nSPS) is 12.0. The van der Waals surface area contributed by atoms with Crippen LogP contribution in [0.25, 0.3) is 0 Å². The number of allylic oxidation sites excluding steroid dienone is 2. The molecule has 1 heterocycles. The van der Waals surface area contributed by atoms with Gasteiger partial charge in [-0.25, -0.2) is 0 Å². The minimum Gasteiger partial charge on any atom is -0.167 e. The van der Waals surface area contributed by atoms with Crippen molar-refractivity contribution >= 4 is 28.3 Å². The van der Waals surface area contributed by atoms with E-state index < -0.39 is 6.18 Å². The standard InChI is InChI=1S/C16H16BF3S/c1-13-9-12-21-15(13)17(14-7-3-2-4-8-14)11-6-5-10-16(18,19)20/h2-5,7-10,12H,6,11H2,1H3. The average molecular weight is 308 g/mol. The van der Waals surface area contributed by atoms with Crippen molar-refractivity contribution in [2.75, 3.05) is 0 Å². The van der Waals surface area contributed by atoms with Gasteiger partial charge in [-0.2, -0.15) is 24.5 Å². The number of benzene rings is 1.